The first-order valence-electron chi connectivity index (χ1n) is 11.4. The summed E-state index contributed by atoms with van der Waals surface area (Å²) < 4.78 is 0. The van der Waals surface area contributed by atoms with Crippen LogP contribution in [0.2, 0.25) is 5.02 Å². The van der Waals surface area contributed by atoms with Crippen molar-refractivity contribution in [1.29, 1.82) is 0 Å². The largest absolute Gasteiger partial charge is 0.352 e. The number of nitrogens with zero attached hydrogens (tertiary/aromatic N) is 1. The van der Waals surface area contributed by atoms with Crippen LogP contribution in [0.3, 0.4) is 0 Å². The van der Waals surface area contributed by atoms with E-state index in [2.05, 4.69) is 5.32 Å². The van der Waals surface area contributed by atoms with Gasteiger partial charge in [-0.05, 0) is 42.2 Å². The molecule has 0 bridgehead atoms. The molecule has 0 spiro atoms. The van der Waals surface area contributed by atoms with Crippen LogP contribution >= 0.6 is 11.6 Å². The molecule has 33 heavy (non-hydrogen) atoms. The van der Waals surface area contributed by atoms with Crippen LogP contribution in [-0.4, -0.2) is 28.8 Å². The van der Waals surface area contributed by atoms with Gasteiger partial charge in [0.1, 0.15) is 6.04 Å². The minimum atomic E-state index is -0.631. The van der Waals surface area contributed by atoms with E-state index in [1.165, 1.54) is 0 Å². The summed E-state index contributed by atoms with van der Waals surface area (Å²) in [5, 5.41) is 3.68. The highest BCUT2D eigenvalue weighted by molar-refractivity contribution is 6.30. The molecule has 0 aromatic heterocycles. The molecule has 0 aliphatic rings. The average molecular weight is 463 g/mol. The SMILES string of the molecule is CC[C@@H](C)NC(=O)[C@@H](Cc1ccccc1)N(Cc1ccccc1)C(=O)Cc1cccc(Cl)c1. The van der Waals surface area contributed by atoms with Gasteiger partial charge in [0, 0.05) is 24.0 Å². The topological polar surface area (TPSA) is 49.4 Å². The van der Waals surface area contributed by atoms with E-state index >= 15 is 0 Å². The van der Waals surface area contributed by atoms with Crippen molar-refractivity contribution in [2.24, 2.45) is 0 Å². The number of nitrogens with one attached hydrogen (secondary N) is 1. The Hall–Kier alpha value is -3.11. The van der Waals surface area contributed by atoms with Gasteiger partial charge in [0.25, 0.3) is 0 Å². The Morgan fingerprint density at radius 3 is 2.09 bits per heavy atom. The molecule has 3 rings (SSSR count). The molecule has 0 fully saturated rings. The summed E-state index contributed by atoms with van der Waals surface area (Å²) in [7, 11) is 0. The van der Waals surface area contributed by atoms with Gasteiger partial charge in [-0.3, -0.25) is 9.59 Å². The lowest BCUT2D eigenvalue weighted by molar-refractivity contribution is -0.141. The van der Waals surface area contributed by atoms with Crippen LogP contribution in [0.15, 0.2) is 84.9 Å². The van der Waals surface area contributed by atoms with Crippen LogP contribution in [0, 0.1) is 0 Å². The summed E-state index contributed by atoms with van der Waals surface area (Å²) in [4.78, 5) is 28.8. The number of rotatable bonds is 10. The van der Waals surface area contributed by atoms with Crippen molar-refractivity contribution < 1.29 is 9.59 Å². The third-order valence-electron chi connectivity index (χ3n) is 5.71. The predicted molar refractivity (Wildman–Crippen MR) is 134 cm³/mol. The van der Waals surface area contributed by atoms with Crippen LogP contribution in [0.4, 0.5) is 0 Å². The van der Waals surface area contributed by atoms with Crippen molar-refractivity contribution in [2.75, 3.05) is 0 Å². The van der Waals surface area contributed by atoms with E-state index in [0.29, 0.717) is 18.0 Å². The Labute approximate surface area is 201 Å². The van der Waals surface area contributed by atoms with Gasteiger partial charge in [0.05, 0.1) is 6.42 Å². The maximum absolute atomic E-state index is 13.6. The Bertz CT molecular complexity index is 1040. The summed E-state index contributed by atoms with van der Waals surface area (Å²) in [5.74, 6) is -0.245. The van der Waals surface area contributed by atoms with E-state index in [0.717, 1.165) is 23.1 Å². The summed E-state index contributed by atoms with van der Waals surface area (Å²) in [6.45, 7) is 4.36. The van der Waals surface area contributed by atoms with Crippen LogP contribution in [-0.2, 0) is 29.0 Å². The summed E-state index contributed by atoms with van der Waals surface area (Å²) >= 11 is 6.14. The summed E-state index contributed by atoms with van der Waals surface area (Å²) in [5.41, 5.74) is 2.81. The first-order chi connectivity index (χ1) is 16.0. The van der Waals surface area contributed by atoms with Gasteiger partial charge in [-0.2, -0.15) is 0 Å². The second kappa shape index (κ2) is 12.2. The molecule has 1 N–H and O–H groups in total. The maximum atomic E-state index is 13.6. The van der Waals surface area contributed by atoms with E-state index in [1.54, 1.807) is 17.0 Å². The van der Waals surface area contributed by atoms with Crippen LogP contribution < -0.4 is 5.32 Å². The van der Waals surface area contributed by atoms with E-state index in [-0.39, 0.29) is 24.3 Å². The fourth-order valence-corrected chi connectivity index (χ4v) is 3.91. The molecule has 0 aliphatic carbocycles. The number of halogens is 1. The van der Waals surface area contributed by atoms with Crippen molar-refractivity contribution in [2.45, 2.75) is 51.7 Å². The standard InChI is InChI=1S/C28H31ClN2O2/c1-3-21(2)30-28(33)26(18-22-11-6-4-7-12-22)31(20-23-13-8-5-9-14-23)27(32)19-24-15-10-16-25(29)17-24/h4-17,21,26H,3,18-20H2,1-2H3,(H,30,33)/t21-,26-/m1/s1. The Morgan fingerprint density at radius 1 is 0.879 bits per heavy atom. The molecule has 0 saturated heterocycles. The van der Waals surface area contributed by atoms with Gasteiger partial charge in [-0.1, -0.05) is 91.3 Å². The second-order valence-corrected chi connectivity index (χ2v) is 8.77. The van der Waals surface area contributed by atoms with E-state index in [4.69, 9.17) is 11.6 Å². The van der Waals surface area contributed by atoms with Crippen LogP contribution in [0.5, 0.6) is 0 Å². The molecule has 2 atom stereocenters. The molecule has 3 aromatic rings. The minimum Gasteiger partial charge on any atom is -0.352 e. The molecule has 2 amide bonds. The zero-order valence-electron chi connectivity index (χ0n) is 19.2. The fraction of sp³-hybridized carbons (Fsp3) is 0.286. The summed E-state index contributed by atoms with van der Waals surface area (Å²) in [6, 6.07) is 26.3. The molecular formula is C28H31ClN2O2. The molecule has 0 radical (unpaired) electrons. The van der Waals surface area contributed by atoms with Gasteiger partial charge >= 0.3 is 0 Å². The third kappa shape index (κ3) is 7.47. The molecule has 0 saturated carbocycles. The minimum absolute atomic E-state index is 0.0254. The van der Waals surface area contributed by atoms with E-state index in [1.807, 2.05) is 86.6 Å². The van der Waals surface area contributed by atoms with Gasteiger partial charge in [-0.15, -0.1) is 0 Å². The number of hydrogen-bond acceptors (Lipinski definition) is 2. The lowest BCUT2D eigenvalue weighted by atomic mass is 10.0. The molecule has 172 valence electrons. The zero-order valence-corrected chi connectivity index (χ0v) is 20.0. The average Bonchev–Trinajstić information content (AvgIpc) is 2.82. The van der Waals surface area contributed by atoms with Crippen LogP contribution in [0.25, 0.3) is 0 Å². The lowest BCUT2D eigenvalue weighted by Crippen LogP contribution is -2.52. The van der Waals surface area contributed by atoms with Crippen molar-refractivity contribution in [1.82, 2.24) is 10.2 Å². The first kappa shape index (κ1) is 24.5. The molecule has 5 heteroatoms. The number of benzene rings is 3. The Balaban J connectivity index is 1.95. The highest BCUT2D eigenvalue weighted by Gasteiger charge is 2.31. The highest BCUT2D eigenvalue weighted by Crippen LogP contribution is 2.18. The van der Waals surface area contributed by atoms with Gasteiger partial charge in [-0.25, -0.2) is 0 Å². The molecule has 4 nitrogen and oxygen atoms in total. The molecule has 0 aliphatic heterocycles. The van der Waals surface area contributed by atoms with Crippen molar-refractivity contribution in [3.63, 3.8) is 0 Å². The number of carbonyl (C=O) groups excluding carboxylic acids is 2. The van der Waals surface area contributed by atoms with E-state index < -0.39 is 6.04 Å². The lowest BCUT2D eigenvalue weighted by Gasteiger charge is -2.32. The molecule has 0 unspecified atom stereocenters. The molecule has 3 aromatic carbocycles. The monoisotopic (exact) mass is 462 g/mol. The van der Waals surface area contributed by atoms with Crippen LogP contribution in [0.1, 0.15) is 37.0 Å². The third-order valence-corrected chi connectivity index (χ3v) is 5.95. The second-order valence-electron chi connectivity index (χ2n) is 8.34. The van der Waals surface area contributed by atoms with E-state index in [9.17, 15) is 9.59 Å². The molecular weight excluding hydrogens is 432 g/mol. The quantitative estimate of drug-likeness (QED) is 0.436. The smallest absolute Gasteiger partial charge is 0.243 e. The maximum Gasteiger partial charge on any atom is 0.243 e. The fourth-order valence-electron chi connectivity index (χ4n) is 3.70. The van der Waals surface area contributed by atoms with Crippen molar-refractivity contribution >= 4 is 23.4 Å². The van der Waals surface area contributed by atoms with Gasteiger partial charge < -0.3 is 10.2 Å². The first-order valence-corrected chi connectivity index (χ1v) is 11.8. The van der Waals surface area contributed by atoms with Gasteiger partial charge in [0.15, 0.2) is 0 Å². The summed E-state index contributed by atoms with van der Waals surface area (Å²) in [6.07, 6.45) is 1.44. The highest BCUT2D eigenvalue weighted by atomic mass is 35.5. The zero-order chi connectivity index (χ0) is 23.6. The number of hydrogen-bond donors (Lipinski definition) is 1. The number of carbonyl (C=O) groups is 2. The molecule has 0 heterocycles. The number of amides is 2. The Kier molecular flexibility index (Phi) is 9.08. The van der Waals surface area contributed by atoms with Gasteiger partial charge in [0.2, 0.25) is 11.8 Å². The van der Waals surface area contributed by atoms with Crippen molar-refractivity contribution in [3.8, 4) is 0 Å². The normalized spacial score (nSPS) is 12.6. The predicted octanol–water partition coefficient (Wildman–Crippen LogP) is 5.44. The Morgan fingerprint density at radius 2 is 1.48 bits per heavy atom. The van der Waals surface area contributed by atoms with Crippen molar-refractivity contribution in [3.05, 3.63) is 107 Å².